The molecule has 0 saturated carbocycles. The van der Waals surface area contributed by atoms with E-state index in [1.807, 2.05) is 0 Å². The molecular formula is C16H22O5. The normalized spacial score (nSPS) is 24.4. The van der Waals surface area contributed by atoms with Gasteiger partial charge in [0.25, 0.3) is 0 Å². The van der Waals surface area contributed by atoms with Crippen LogP contribution in [0.5, 0.6) is 11.5 Å². The highest BCUT2D eigenvalue weighted by Crippen LogP contribution is 2.30. The maximum atomic E-state index is 12.2. The summed E-state index contributed by atoms with van der Waals surface area (Å²) in [6.07, 6.45) is 3.35. The number of hydrogen-bond donors (Lipinski definition) is 3. The lowest BCUT2D eigenvalue weighted by Gasteiger charge is -2.19. The molecule has 3 N–H and O–H groups in total. The van der Waals surface area contributed by atoms with Crippen LogP contribution in [0.15, 0.2) is 12.1 Å². The second-order valence-corrected chi connectivity index (χ2v) is 5.69. The van der Waals surface area contributed by atoms with Gasteiger partial charge >= 0.3 is 5.97 Å². The molecule has 1 heterocycles. The number of aryl methyl sites for hydroxylation is 1. The largest absolute Gasteiger partial charge is 0.508 e. The van der Waals surface area contributed by atoms with Crippen molar-refractivity contribution in [3.05, 3.63) is 23.3 Å². The highest BCUT2D eigenvalue weighted by molar-refractivity contribution is 5.94. The van der Waals surface area contributed by atoms with E-state index in [-0.39, 0.29) is 29.3 Å². The standard InChI is InChI=1S/C16H22O5/c1-10-6-7-12(17)5-3-2-4-11-8-13(18)9-14(19)15(11)16(20)21-10/h8-10,12,17-19H,2-7H2,1H3/t10-,12-/m1/s1. The Hall–Kier alpha value is -1.75. The van der Waals surface area contributed by atoms with Crippen LogP contribution < -0.4 is 0 Å². The maximum Gasteiger partial charge on any atom is 0.342 e. The van der Waals surface area contributed by atoms with E-state index in [1.165, 1.54) is 6.07 Å². The van der Waals surface area contributed by atoms with Gasteiger partial charge < -0.3 is 20.1 Å². The minimum Gasteiger partial charge on any atom is -0.508 e. The van der Waals surface area contributed by atoms with Crippen LogP contribution in [0, 0.1) is 0 Å². The number of aliphatic hydroxyl groups excluding tert-OH is 1. The van der Waals surface area contributed by atoms with Crippen LogP contribution in [0.25, 0.3) is 0 Å². The molecule has 0 unspecified atom stereocenters. The van der Waals surface area contributed by atoms with E-state index in [0.717, 1.165) is 18.9 Å². The summed E-state index contributed by atoms with van der Waals surface area (Å²) >= 11 is 0. The Kier molecular flexibility index (Phi) is 5.07. The first-order chi connectivity index (χ1) is 9.97. The lowest BCUT2D eigenvalue weighted by atomic mass is 9.97. The van der Waals surface area contributed by atoms with Crippen molar-refractivity contribution >= 4 is 5.97 Å². The molecule has 2 rings (SSSR count). The van der Waals surface area contributed by atoms with Crippen molar-refractivity contribution in [3.63, 3.8) is 0 Å². The summed E-state index contributed by atoms with van der Waals surface area (Å²) in [7, 11) is 0. The summed E-state index contributed by atoms with van der Waals surface area (Å²) < 4.78 is 5.33. The molecular weight excluding hydrogens is 272 g/mol. The first kappa shape index (κ1) is 15.6. The number of phenols is 2. The molecule has 1 aromatic rings. The second kappa shape index (κ2) is 6.80. The third-order valence-corrected chi connectivity index (χ3v) is 3.84. The fourth-order valence-corrected chi connectivity index (χ4v) is 2.67. The lowest BCUT2D eigenvalue weighted by molar-refractivity contribution is 0.0273. The number of cyclic esters (lactones) is 1. The van der Waals surface area contributed by atoms with Gasteiger partial charge in [-0.3, -0.25) is 0 Å². The van der Waals surface area contributed by atoms with Gasteiger partial charge in [0.15, 0.2) is 0 Å². The van der Waals surface area contributed by atoms with Crippen LogP contribution in [0.1, 0.15) is 54.9 Å². The molecule has 0 aromatic heterocycles. The fraction of sp³-hybridized carbons (Fsp3) is 0.562. The van der Waals surface area contributed by atoms with Gasteiger partial charge in [-0.15, -0.1) is 0 Å². The number of carbonyl (C=O) groups is 1. The van der Waals surface area contributed by atoms with E-state index in [1.54, 1.807) is 6.92 Å². The number of ether oxygens (including phenoxy) is 1. The third-order valence-electron chi connectivity index (χ3n) is 3.84. The average Bonchev–Trinajstić information content (AvgIpc) is 2.39. The van der Waals surface area contributed by atoms with Crippen molar-refractivity contribution in [2.45, 2.75) is 57.7 Å². The van der Waals surface area contributed by atoms with E-state index in [0.29, 0.717) is 31.2 Å². The second-order valence-electron chi connectivity index (χ2n) is 5.69. The molecule has 2 atom stereocenters. The van der Waals surface area contributed by atoms with Crippen LogP contribution in [-0.2, 0) is 11.2 Å². The Morgan fingerprint density at radius 3 is 2.67 bits per heavy atom. The molecule has 1 aliphatic heterocycles. The van der Waals surface area contributed by atoms with Crippen LogP contribution in [0.2, 0.25) is 0 Å². The first-order valence-electron chi connectivity index (χ1n) is 7.41. The van der Waals surface area contributed by atoms with Gasteiger partial charge in [-0.25, -0.2) is 4.79 Å². The van der Waals surface area contributed by atoms with Gasteiger partial charge in [0.2, 0.25) is 0 Å². The average molecular weight is 294 g/mol. The number of aromatic hydroxyl groups is 2. The number of aliphatic hydroxyl groups is 1. The molecule has 5 heteroatoms. The number of benzene rings is 1. The number of phenolic OH excluding ortho intramolecular Hbond substituents is 2. The number of fused-ring (bicyclic) bond motifs is 1. The van der Waals surface area contributed by atoms with E-state index in [4.69, 9.17) is 4.74 Å². The highest BCUT2D eigenvalue weighted by Gasteiger charge is 2.22. The molecule has 5 nitrogen and oxygen atoms in total. The molecule has 0 aliphatic carbocycles. The predicted molar refractivity (Wildman–Crippen MR) is 77.4 cm³/mol. The van der Waals surface area contributed by atoms with Gasteiger partial charge in [0, 0.05) is 6.07 Å². The van der Waals surface area contributed by atoms with Gasteiger partial charge in [-0.05, 0) is 50.7 Å². The molecule has 1 aliphatic rings. The zero-order chi connectivity index (χ0) is 15.4. The molecule has 21 heavy (non-hydrogen) atoms. The number of rotatable bonds is 0. The summed E-state index contributed by atoms with van der Waals surface area (Å²) in [5, 5.41) is 29.4. The maximum absolute atomic E-state index is 12.2. The van der Waals surface area contributed by atoms with Crippen LogP contribution in [0.4, 0.5) is 0 Å². The molecule has 0 bridgehead atoms. The van der Waals surface area contributed by atoms with Crippen LogP contribution in [-0.4, -0.2) is 33.5 Å². The van der Waals surface area contributed by atoms with E-state index < -0.39 is 5.97 Å². The van der Waals surface area contributed by atoms with E-state index >= 15 is 0 Å². The summed E-state index contributed by atoms with van der Waals surface area (Å²) in [5.74, 6) is -0.899. The van der Waals surface area contributed by atoms with E-state index in [2.05, 4.69) is 0 Å². The SMILES string of the molecule is C[C@@H]1CC[C@H](O)CCCCc2cc(O)cc(O)c2C(=O)O1. The molecule has 0 fully saturated rings. The Balaban J connectivity index is 2.30. The number of carbonyl (C=O) groups excluding carboxylic acids is 1. The summed E-state index contributed by atoms with van der Waals surface area (Å²) in [6, 6.07) is 2.64. The Morgan fingerprint density at radius 2 is 1.90 bits per heavy atom. The third kappa shape index (κ3) is 4.11. The molecule has 116 valence electrons. The summed E-state index contributed by atoms with van der Waals surface area (Å²) in [4.78, 5) is 12.2. The Bertz CT molecular complexity index is 512. The van der Waals surface area contributed by atoms with Crippen molar-refractivity contribution in [3.8, 4) is 11.5 Å². The molecule has 0 amide bonds. The summed E-state index contributed by atoms with van der Waals surface area (Å²) in [5.41, 5.74) is 0.723. The van der Waals surface area contributed by atoms with Crippen molar-refractivity contribution in [1.82, 2.24) is 0 Å². The van der Waals surface area contributed by atoms with Crippen molar-refractivity contribution in [1.29, 1.82) is 0 Å². The number of hydrogen-bond acceptors (Lipinski definition) is 5. The lowest BCUT2D eigenvalue weighted by Crippen LogP contribution is -2.19. The van der Waals surface area contributed by atoms with Crippen molar-refractivity contribution in [2.24, 2.45) is 0 Å². The fourth-order valence-electron chi connectivity index (χ4n) is 2.67. The smallest absolute Gasteiger partial charge is 0.342 e. The predicted octanol–water partition coefficient (Wildman–Crippen LogP) is 2.51. The van der Waals surface area contributed by atoms with Crippen LogP contribution in [0.3, 0.4) is 0 Å². The topological polar surface area (TPSA) is 87.0 Å². The minimum absolute atomic E-state index is 0.0702. The Labute approximate surface area is 124 Å². The molecule has 0 radical (unpaired) electrons. The number of esters is 1. The van der Waals surface area contributed by atoms with Gasteiger partial charge in [-0.1, -0.05) is 6.42 Å². The van der Waals surface area contributed by atoms with Gasteiger partial charge in [0.05, 0.1) is 12.2 Å². The summed E-state index contributed by atoms with van der Waals surface area (Å²) in [6.45, 7) is 1.77. The zero-order valence-electron chi connectivity index (χ0n) is 12.2. The van der Waals surface area contributed by atoms with Crippen molar-refractivity contribution in [2.75, 3.05) is 0 Å². The van der Waals surface area contributed by atoms with E-state index in [9.17, 15) is 20.1 Å². The zero-order valence-corrected chi connectivity index (χ0v) is 12.2. The first-order valence-corrected chi connectivity index (χ1v) is 7.41. The van der Waals surface area contributed by atoms with Crippen molar-refractivity contribution < 1.29 is 24.9 Å². The van der Waals surface area contributed by atoms with Crippen LogP contribution >= 0.6 is 0 Å². The highest BCUT2D eigenvalue weighted by atomic mass is 16.5. The molecule has 0 saturated heterocycles. The van der Waals surface area contributed by atoms with Gasteiger partial charge in [0.1, 0.15) is 17.1 Å². The Morgan fingerprint density at radius 1 is 1.14 bits per heavy atom. The molecule has 0 spiro atoms. The quantitative estimate of drug-likeness (QED) is 0.640. The molecule has 1 aromatic carbocycles. The monoisotopic (exact) mass is 294 g/mol. The minimum atomic E-state index is -0.579. The van der Waals surface area contributed by atoms with Gasteiger partial charge in [-0.2, -0.15) is 0 Å².